The van der Waals surface area contributed by atoms with Crippen LogP contribution >= 0.6 is 15.9 Å². The molecule has 0 spiro atoms. The summed E-state index contributed by atoms with van der Waals surface area (Å²) in [7, 11) is 0. The number of alkyl halides is 4. The minimum absolute atomic E-state index is 0.256. The molecule has 0 aromatic heterocycles. The topological polar surface area (TPSA) is 12.4 Å². The van der Waals surface area contributed by atoms with Gasteiger partial charge in [-0.1, -0.05) is 15.9 Å². The number of nitrogens with zero attached hydrogens (tertiary/aromatic N) is 1. The molecule has 0 fully saturated rings. The third-order valence-corrected chi connectivity index (χ3v) is 1.46. The quantitative estimate of drug-likeness (QED) is 0.497. The highest BCUT2D eigenvalue weighted by Crippen LogP contribution is 2.21. The van der Waals surface area contributed by atoms with E-state index in [2.05, 4.69) is 20.9 Å². The molecule has 0 aliphatic heterocycles. The van der Waals surface area contributed by atoms with Crippen molar-refractivity contribution in [1.29, 1.82) is 0 Å². The third kappa shape index (κ3) is 4.74. The lowest BCUT2D eigenvalue weighted by Crippen LogP contribution is -2.28. The molecule has 1 nitrogen and oxygen atoms in total. The lowest BCUT2D eigenvalue weighted by molar-refractivity contribution is -0.0594. The van der Waals surface area contributed by atoms with Gasteiger partial charge in [-0.3, -0.25) is 4.99 Å². The van der Waals surface area contributed by atoms with Crippen LogP contribution in [0.3, 0.4) is 0 Å². The maximum atomic E-state index is 12.1. The van der Waals surface area contributed by atoms with Crippen molar-refractivity contribution in [2.75, 3.05) is 5.33 Å². The van der Waals surface area contributed by atoms with Crippen molar-refractivity contribution in [3.05, 3.63) is 0 Å². The Balaban J connectivity index is 4.68. The smallest absolute Gasteiger partial charge is 0.278 e. The number of rotatable bonds is 1. The molecule has 0 aromatic carbocycles. The van der Waals surface area contributed by atoms with Crippen LogP contribution in [0.1, 0.15) is 20.8 Å². The molecule has 0 aromatic rings. The van der Waals surface area contributed by atoms with Gasteiger partial charge in [-0.25, -0.2) is 0 Å². The molecule has 0 radical (unpaired) electrons. The summed E-state index contributed by atoms with van der Waals surface area (Å²) in [5.41, 5.74) is -1.45. The largest absolute Gasteiger partial charge is 0.429 e. The van der Waals surface area contributed by atoms with E-state index >= 15 is 0 Å². The van der Waals surface area contributed by atoms with Gasteiger partial charge >= 0.3 is 6.18 Å². The summed E-state index contributed by atoms with van der Waals surface area (Å²) < 4.78 is 36.3. The van der Waals surface area contributed by atoms with Crippen molar-refractivity contribution in [2.45, 2.75) is 32.5 Å². The fourth-order valence-corrected chi connectivity index (χ4v) is 1.02. The average molecular weight is 246 g/mol. The summed E-state index contributed by atoms with van der Waals surface area (Å²) in [5.74, 6) is 0. The Morgan fingerprint density at radius 1 is 1.25 bits per heavy atom. The second kappa shape index (κ2) is 3.77. The Hall–Kier alpha value is -0.0600. The number of aliphatic imine (C=N–C) groups is 1. The highest BCUT2D eigenvalue weighted by Gasteiger charge is 2.35. The third-order valence-electron chi connectivity index (χ3n) is 0.924. The zero-order valence-electron chi connectivity index (χ0n) is 7.17. The Labute approximate surface area is 78.2 Å². The molecule has 12 heavy (non-hydrogen) atoms. The van der Waals surface area contributed by atoms with E-state index in [1.165, 1.54) is 0 Å². The molecule has 0 rings (SSSR count). The number of hydrogen-bond donors (Lipinski definition) is 0. The monoisotopic (exact) mass is 245 g/mol. The Kier molecular flexibility index (Phi) is 3.75. The fourth-order valence-electron chi connectivity index (χ4n) is 0.574. The van der Waals surface area contributed by atoms with Gasteiger partial charge in [0.1, 0.15) is 5.71 Å². The predicted octanol–water partition coefficient (Wildman–Crippen LogP) is 3.18. The van der Waals surface area contributed by atoms with Crippen molar-refractivity contribution in [3.63, 3.8) is 0 Å². The standard InChI is InChI=1S/C7H11BrF3N/c1-6(2,3)12-5(4-8)7(9,10)11/h4H2,1-3H3. The Morgan fingerprint density at radius 2 is 1.67 bits per heavy atom. The van der Waals surface area contributed by atoms with Crippen LogP contribution in [0.25, 0.3) is 0 Å². The van der Waals surface area contributed by atoms with E-state index in [1.54, 1.807) is 20.8 Å². The van der Waals surface area contributed by atoms with Crippen LogP contribution in [0.4, 0.5) is 13.2 Å². The van der Waals surface area contributed by atoms with Crippen LogP contribution in [-0.2, 0) is 0 Å². The minimum Gasteiger partial charge on any atom is -0.278 e. The van der Waals surface area contributed by atoms with Gasteiger partial charge < -0.3 is 0 Å². The van der Waals surface area contributed by atoms with E-state index in [-0.39, 0.29) is 5.33 Å². The van der Waals surface area contributed by atoms with Gasteiger partial charge in [-0.15, -0.1) is 0 Å². The molecule has 0 unspecified atom stereocenters. The predicted molar refractivity (Wildman–Crippen MR) is 47.0 cm³/mol. The minimum atomic E-state index is -4.32. The first-order chi connectivity index (χ1) is 5.17. The molecule has 0 amide bonds. The molecule has 0 atom stereocenters. The Morgan fingerprint density at radius 3 is 1.75 bits per heavy atom. The highest BCUT2D eigenvalue weighted by molar-refractivity contribution is 9.09. The van der Waals surface area contributed by atoms with E-state index in [0.717, 1.165) is 0 Å². The molecule has 0 saturated heterocycles. The number of halogens is 4. The van der Waals surface area contributed by atoms with Crippen LogP contribution in [0.5, 0.6) is 0 Å². The molecule has 72 valence electrons. The van der Waals surface area contributed by atoms with E-state index in [0.29, 0.717) is 0 Å². The fraction of sp³-hybridized carbons (Fsp3) is 0.857. The zero-order valence-corrected chi connectivity index (χ0v) is 8.75. The lowest BCUT2D eigenvalue weighted by atomic mass is 10.1. The van der Waals surface area contributed by atoms with Crippen molar-refractivity contribution in [3.8, 4) is 0 Å². The Bertz CT molecular complexity index is 178. The van der Waals surface area contributed by atoms with Gasteiger partial charge in [0.05, 0.1) is 10.9 Å². The SMILES string of the molecule is CC(C)(C)N=C(CBr)C(F)(F)F. The van der Waals surface area contributed by atoms with Crippen molar-refractivity contribution >= 4 is 21.6 Å². The van der Waals surface area contributed by atoms with Gasteiger partial charge in [0.15, 0.2) is 0 Å². The average Bonchev–Trinajstić information content (AvgIpc) is 1.78. The second-order valence-corrected chi connectivity index (χ2v) is 3.92. The summed E-state index contributed by atoms with van der Waals surface area (Å²) in [5, 5.41) is -0.256. The lowest BCUT2D eigenvalue weighted by Gasteiger charge is -2.16. The first-order valence-corrected chi connectivity index (χ1v) is 4.51. The molecule has 0 aliphatic rings. The first kappa shape index (κ1) is 11.9. The summed E-state index contributed by atoms with van der Waals surface area (Å²) >= 11 is 2.75. The summed E-state index contributed by atoms with van der Waals surface area (Å²) in [6, 6.07) is 0. The van der Waals surface area contributed by atoms with Crippen LogP contribution in [0.15, 0.2) is 4.99 Å². The van der Waals surface area contributed by atoms with Gasteiger partial charge in [0, 0.05) is 0 Å². The van der Waals surface area contributed by atoms with Gasteiger partial charge in [-0.2, -0.15) is 13.2 Å². The zero-order chi connectivity index (χ0) is 9.99. The molecule has 0 saturated carbocycles. The van der Waals surface area contributed by atoms with Crippen molar-refractivity contribution < 1.29 is 13.2 Å². The van der Waals surface area contributed by atoms with Gasteiger partial charge in [0.25, 0.3) is 0 Å². The second-order valence-electron chi connectivity index (χ2n) is 3.36. The van der Waals surface area contributed by atoms with E-state index in [9.17, 15) is 13.2 Å². The van der Waals surface area contributed by atoms with Crippen LogP contribution < -0.4 is 0 Å². The van der Waals surface area contributed by atoms with Crippen LogP contribution in [0, 0.1) is 0 Å². The van der Waals surface area contributed by atoms with Gasteiger partial charge in [-0.05, 0) is 20.8 Å². The van der Waals surface area contributed by atoms with Crippen LogP contribution in [-0.4, -0.2) is 22.8 Å². The maximum Gasteiger partial charge on any atom is 0.429 e. The van der Waals surface area contributed by atoms with E-state index in [1.807, 2.05) is 0 Å². The molecule has 0 N–H and O–H groups in total. The normalized spacial score (nSPS) is 15.1. The van der Waals surface area contributed by atoms with Crippen molar-refractivity contribution in [1.82, 2.24) is 0 Å². The van der Waals surface area contributed by atoms with E-state index in [4.69, 9.17) is 0 Å². The highest BCUT2D eigenvalue weighted by atomic mass is 79.9. The first-order valence-electron chi connectivity index (χ1n) is 3.38. The van der Waals surface area contributed by atoms with Gasteiger partial charge in [0.2, 0.25) is 0 Å². The molecule has 0 heterocycles. The summed E-state index contributed by atoms with van der Waals surface area (Å²) in [4.78, 5) is 3.54. The summed E-state index contributed by atoms with van der Waals surface area (Å²) in [6.45, 7) is 4.88. The van der Waals surface area contributed by atoms with E-state index < -0.39 is 17.4 Å². The molecular formula is C7H11BrF3N. The molecule has 5 heteroatoms. The van der Waals surface area contributed by atoms with Crippen molar-refractivity contribution in [2.24, 2.45) is 4.99 Å². The number of hydrogen-bond acceptors (Lipinski definition) is 1. The summed E-state index contributed by atoms with van der Waals surface area (Å²) in [6.07, 6.45) is -4.32. The molecular weight excluding hydrogens is 235 g/mol. The maximum absolute atomic E-state index is 12.1. The molecule has 0 aliphatic carbocycles. The molecule has 0 bridgehead atoms. The van der Waals surface area contributed by atoms with Crippen LogP contribution in [0.2, 0.25) is 0 Å².